The van der Waals surface area contributed by atoms with E-state index in [0.29, 0.717) is 39.3 Å². The van der Waals surface area contributed by atoms with Gasteiger partial charge in [0.25, 0.3) is 0 Å². The SMILES string of the molecule is CCOc1cc(/C=N/NC(=O)Cc2ccc(F)cc2)cc(Br)c1OCc1ccccc1F. The molecule has 0 atom stereocenters. The third-order valence-corrected chi connectivity index (χ3v) is 4.93. The van der Waals surface area contributed by atoms with E-state index in [0.717, 1.165) is 0 Å². The largest absolute Gasteiger partial charge is 0.490 e. The smallest absolute Gasteiger partial charge is 0.244 e. The van der Waals surface area contributed by atoms with Gasteiger partial charge in [-0.15, -0.1) is 0 Å². The molecule has 1 N–H and O–H groups in total. The maximum Gasteiger partial charge on any atom is 0.244 e. The van der Waals surface area contributed by atoms with Crippen LogP contribution in [0.25, 0.3) is 0 Å². The molecule has 1 amide bonds. The third kappa shape index (κ3) is 6.62. The van der Waals surface area contributed by atoms with Crippen molar-refractivity contribution in [2.24, 2.45) is 5.10 Å². The number of hydrogen-bond acceptors (Lipinski definition) is 4. The molecule has 166 valence electrons. The molecule has 3 aromatic rings. The van der Waals surface area contributed by atoms with Crippen LogP contribution in [0.1, 0.15) is 23.6 Å². The van der Waals surface area contributed by atoms with Gasteiger partial charge < -0.3 is 9.47 Å². The highest BCUT2D eigenvalue weighted by Crippen LogP contribution is 2.37. The Labute approximate surface area is 193 Å². The van der Waals surface area contributed by atoms with E-state index < -0.39 is 0 Å². The summed E-state index contributed by atoms with van der Waals surface area (Å²) in [4.78, 5) is 12.0. The number of hydrazone groups is 1. The van der Waals surface area contributed by atoms with Crippen molar-refractivity contribution in [3.05, 3.63) is 93.5 Å². The predicted octanol–water partition coefficient (Wildman–Crippen LogP) is 5.40. The molecule has 0 saturated carbocycles. The predicted molar refractivity (Wildman–Crippen MR) is 122 cm³/mol. The molecule has 32 heavy (non-hydrogen) atoms. The van der Waals surface area contributed by atoms with Gasteiger partial charge in [0.05, 0.1) is 23.7 Å². The van der Waals surface area contributed by atoms with Gasteiger partial charge in [0.1, 0.15) is 18.2 Å². The molecule has 0 aromatic heterocycles. The van der Waals surface area contributed by atoms with Crippen molar-refractivity contribution >= 4 is 28.1 Å². The molecule has 0 heterocycles. The number of nitrogens with one attached hydrogen (secondary N) is 1. The lowest BCUT2D eigenvalue weighted by atomic mass is 10.1. The molecule has 3 rings (SSSR count). The number of carbonyl (C=O) groups is 1. The Hall–Kier alpha value is -3.26. The van der Waals surface area contributed by atoms with Crippen LogP contribution in [0, 0.1) is 11.6 Å². The van der Waals surface area contributed by atoms with Gasteiger partial charge in [-0.05, 0) is 64.3 Å². The standard InChI is InChI=1S/C24H21BrF2N2O3/c1-2-31-22-12-17(14-28-29-23(30)13-16-7-9-19(26)10-8-16)11-20(25)24(22)32-15-18-5-3-4-6-21(18)27/h3-12,14H,2,13,15H2,1H3,(H,29,30)/b28-14+. The number of amides is 1. The van der Waals surface area contributed by atoms with Gasteiger partial charge in [0, 0.05) is 5.56 Å². The number of carbonyl (C=O) groups excluding carboxylic acids is 1. The van der Waals surface area contributed by atoms with Gasteiger partial charge in [-0.3, -0.25) is 4.79 Å². The first-order chi connectivity index (χ1) is 15.5. The molecular weight excluding hydrogens is 482 g/mol. The first kappa shape index (κ1) is 23.4. The maximum atomic E-state index is 13.9. The van der Waals surface area contributed by atoms with E-state index in [9.17, 15) is 13.6 Å². The van der Waals surface area contributed by atoms with E-state index in [4.69, 9.17) is 9.47 Å². The minimum atomic E-state index is -0.357. The maximum absolute atomic E-state index is 13.9. The van der Waals surface area contributed by atoms with Gasteiger partial charge in [0.2, 0.25) is 5.91 Å². The number of benzene rings is 3. The summed E-state index contributed by atoms with van der Waals surface area (Å²) in [5, 5.41) is 3.97. The Kier molecular flexibility index (Phi) is 8.33. The number of halogens is 3. The van der Waals surface area contributed by atoms with Gasteiger partial charge in [-0.1, -0.05) is 30.3 Å². The van der Waals surface area contributed by atoms with Crippen LogP contribution < -0.4 is 14.9 Å². The van der Waals surface area contributed by atoms with E-state index in [-0.39, 0.29) is 30.6 Å². The molecule has 0 fully saturated rings. The summed E-state index contributed by atoms with van der Waals surface area (Å²) < 4.78 is 38.9. The van der Waals surface area contributed by atoms with Crippen molar-refractivity contribution < 1.29 is 23.0 Å². The molecular formula is C24H21BrF2N2O3. The summed E-state index contributed by atoms with van der Waals surface area (Å²) in [6.07, 6.45) is 1.55. The Morgan fingerprint density at radius 2 is 1.84 bits per heavy atom. The molecule has 8 heteroatoms. The van der Waals surface area contributed by atoms with Gasteiger partial charge >= 0.3 is 0 Å². The second-order valence-corrected chi connectivity index (χ2v) is 7.59. The first-order valence-electron chi connectivity index (χ1n) is 9.85. The number of rotatable bonds is 9. The minimum absolute atomic E-state index is 0.0399. The quantitative estimate of drug-likeness (QED) is 0.315. The second-order valence-electron chi connectivity index (χ2n) is 6.74. The molecule has 0 aliphatic heterocycles. The average Bonchev–Trinajstić information content (AvgIpc) is 2.76. The van der Waals surface area contributed by atoms with Gasteiger partial charge in [0.15, 0.2) is 11.5 Å². The Balaban J connectivity index is 1.67. The van der Waals surface area contributed by atoms with Crippen molar-refractivity contribution in [1.29, 1.82) is 0 Å². The van der Waals surface area contributed by atoms with E-state index in [2.05, 4.69) is 26.5 Å². The molecule has 0 bridgehead atoms. The van der Waals surface area contributed by atoms with Crippen molar-refractivity contribution in [2.45, 2.75) is 20.0 Å². The summed E-state index contributed by atoms with van der Waals surface area (Å²) >= 11 is 3.45. The van der Waals surface area contributed by atoms with Crippen LogP contribution in [0.2, 0.25) is 0 Å². The summed E-state index contributed by atoms with van der Waals surface area (Å²) in [6, 6.07) is 15.5. The molecule has 0 radical (unpaired) electrons. The zero-order chi connectivity index (χ0) is 22.9. The summed E-state index contributed by atoms with van der Waals surface area (Å²) in [7, 11) is 0. The fourth-order valence-corrected chi connectivity index (χ4v) is 3.41. The average molecular weight is 503 g/mol. The molecule has 5 nitrogen and oxygen atoms in total. The molecule has 0 saturated heterocycles. The van der Waals surface area contributed by atoms with Crippen LogP contribution in [0.15, 0.2) is 70.2 Å². The number of ether oxygens (including phenoxy) is 2. The van der Waals surface area contributed by atoms with Crippen LogP contribution in [-0.4, -0.2) is 18.7 Å². The van der Waals surface area contributed by atoms with Crippen LogP contribution >= 0.6 is 15.9 Å². The van der Waals surface area contributed by atoms with Crippen LogP contribution in [0.3, 0.4) is 0 Å². The summed E-state index contributed by atoms with van der Waals surface area (Å²) in [6.45, 7) is 2.28. The Morgan fingerprint density at radius 1 is 1.09 bits per heavy atom. The minimum Gasteiger partial charge on any atom is -0.490 e. The summed E-state index contributed by atoms with van der Waals surface area (Å²) in [5.74, 6) is -0.141. The van der Waals surface area contributed by atoms with Crippen molar-refractivity contribution in [3.63, 3.8) is 0 Å². The zero-order valence-corrected chi connectivity index (χ0v) is 18.9. The third-order valence-electron chi connectivity index (χ3n) is 4.34. The van der Waals surface area contributed by atoms with Crippen LogP contribution in [0.4, 0.5) is 8.78 Å². The van der Waals surface area contributed by atoms with Crippen molar-refractivity contribution in [3.8, 4) is 11.5 Å². The highest BCUT2D eigenvalue weighted by atomic mass is 79.9. The highest BCUT2D eigenvalue weighted by molar-refractivity contribution is 9.10. The van der Waals surface area contributed by atoms with Crippen molar-refractivity contribution in [1.82, 2.24) is 5.43 Å². The number of nitrogens with zero attached hydrogens (tertiary/aromatic N) is 1. The monoisotopic (exact) mass is 502 g/mol. The van der Waals surface area contributed by atoms with E-state index in [1.54, 1.807) is 42.5 Å². The molecule has 0 aliphatic rings. The normalized spacial score (nSPS) is 10.9. The highest BCUT2D eigenvalue weighted by Gasteiger charge is 2.13. The molecule has 3 aromatic carbocycles. The summed E-state index contributed by atoms with van der Waals surface area (Å²) in [5.41, 5.74) is 4.20. The fraction of sp³-hybridized carbons (Fsp3) is 0.167. The van der Waals surface area contributed by atoms with Crippen LogP contribution in [0.5, 0.6) is 11.5 Å². The lowest BCUT2D eigenvalue weighted by Crippen LogP contribution is -2.19. The van der Waals surface area contributed by atoms with Crippen molar-refractivity contribution in [2.75, 3.05) is 6.61 Å². The molecule has 0 aliphatic carbocycles. The van der Waals surface area contributed by atoms with Gasteiger partial charge in [-0.25, -0.2) is 14.2 Å². The topological polar surface area (TPSA) is 59.9 Å². The second kappa shape index (κ2) is 11.4. The molecule has 0 unspecified atom stereocenters. The molecule has 0 spiro atoms. The van der Waals surface area contributed by atoms with Crippen LogP contribution in [-0.2, 0) is 17.8 Å². The fourth-order valence-electron chi connectivity index (χ4n) is 2.84. The van der Waals surface area contributed by atoms with E-state index in [1.165, 1.54) is 24.4 Å². The lowest BCUT2D eigenvalue weighted by Gasteiger charge is -2.15. The zero-order valence-electron chi connectivity index (χ0n) is 17.3. The Bertz CT molecular complexity index is 1100. The lowest BCUT2D eigenvalue weighted by molar-refractivity contribution is -0.120. The van der Waals surface area contributed by atoms with Gasteiger partial charge in [-0.2, -0.15) is 5.10 Å². The van der Waals surface area contributed by atoms with E-state index in [1.807, 2.05) is 6.92 Å². The number of hydrogen-bond donors (Lipinski definition) is 1. The Morgan fingerprint density at radius 3 is 2.56 bits per heavy atom. The van der Waals surface area contributed by atoms with E-state index >= 15 is 0 Å². The first-order valence-corrected chi connectivity index (χ1v) is 10.6.